The lowest BCUT2D eigenvalue weighted by atomic mass is 9.78. The van der Waals surface area contributed by atoms with Crippen LogP contribution < -0.4 is 20.7 Å². The van der Waals surface area contributed by atoms with E-state index in [0.29, 0.717) is 17.6 Å². The quantitative estimate of drug-likeness (QED) is 0.282. The van der Waals surface area contributed by atoms with Gasteiger partial charge < -0.3 is 30.5 Å². The summed E-state index contributed by atoms with van der Waals surface area (Å²) < 4.78 is 5.30. The molecule has 10 heteroatoms. The zero-order valence-electron chi connectivity index (χ0n) is 21.0. The van der Waals surface area contributed by atoms with E-state index in [4.69, 9.17) is 17.0 Å². The molecule has 0 unspecified atom stereocenters. The highest BCUT2D eigenvalue weighted by Gasteiger charge is 2.43. The summed E-state index contributed by atoms with van der Waals surface area (Å²) in [7, 11) is 1.66. The van der Waals surface area contributed by atoms with Crippen LogP contribution in [0.2, 0.25) is 0 Å². The van der Waals surface area contributed by atoms with Gasteiger partial charge in [0.2, 0.25) is 5.91 Å². The van der Waals surface area contributed by atoms with E-state index < -0.39 is 0 Å². The van der Waals surface area contributed by atoms with E-state index in [1.165, 1.54) is 0 Å². The van der Waals surface area contributed by atoms with Gasteiger partial charge in [0.25, 0.3) is 0 Å². The van der Waals surface area contributed by atoms with Gasteiger partial charge in [-0.2, -0.15) is 11.8 Å². The lowest BCUT2D eigenvalue weighted by Crippen LogP contribution is -2.46. The zero-order valence-corrected chi connectivity index (χ0v) is 22.6. The largest absolute Gasteiger partial charge is 0.497 e. The molecule has 5 rings (SSSR count). The highest BCUT2D eigenvalue weighted by atomic mass is 32.2. The van der Waals surface area contributed by atoms with E-state index >= 15 is 0 Å². The van der Waals surface area contributed by atoms with Gasteiger partial charge in [0.15, 0.2) is 5.11 Å². The average Bonchev–Trinajstić information content (AvgIpc) is 3.57. The number of hydrogen-bond donors (Lipinski definition) is 3. The molecule has 0 radical (unpaired) electrons. The summed E-state index contributed by atoms with van der Waals surface area (Å²) in [5.41, 5.74) is 1.18. The summed E-state index contributed by atoms with van der Waals surface area (Å²) in [5.74, 6) is 2.10. The number of carbonyl (C=O) groups is 2. The van der Waals surface area contributed by atoms with Crippen molar-refractivity contribution in [3.05, 3.63) is 24.3 Å². The maximum Gasteiger partial charge on any atom is 0.315 e. The van der Waals surface area contributed by atoms with E-state index in [1.807, 2.05) is 36.0 Å². The van der Waals surface area contributed by atoms with Gasteiger partial charge in [0, 0.05) is 55.4 Å². The molecule has 1 spiro atoms. The zero-order chi connectivity index (χ0) is 25.1. The molecule has 8 nitrogen and oxygen atoms in total. The molecule has 1 aromatic carbocycles. The average molecular weight is 532 g/mol. The van der Waals surface area contributed by atoms with E-state index in [9.17, 15) is 9.59 Å². The number of nitrogens with one attached hydrogen (secondary N) is 3. The van der Waals surface area contributed by atoms with E-state index in [2.05, 4.69) is 25.8 Å². The number of unbranched alkanes of at least 4 members (excludes halogenated alkanes) is 1. The molecule has 3 N–H and O–H groups in total. The Morgan fingerprint density at radius 3 is 2.75 bits per heavy atom. The van der Waals surface area contributed by atoms with Gasteiger partial charge in [0.05, 0.1) is 19.2 Å². The Kier molecular flexibility index (Phi) is 7.81. The van der Waals surface area contributed by atoms with Gasteiger partial charge in [-0.25, -0.2) is 4.79 Å². The molecule has 4 saturated heterocycles. The minimum Gasteiger partial charge on any atom is -0.497 e. The molecular formula is C26H37N5O3S2. The Balaban J connectivity index is 1.01. The predicted octanol–water partition coefficient (Wildman–Crippen LogP) is 3.43. The number of nitrogens with zero attached hydrogens (tertiary/aromatic N) is 2. The first-order valence-electron chi connectivity index (χ1n) is 13.1. The number of anilines is 1. The van der Waals surface area contributed by atoms with Crippen molar-refractivity contribution in [3.8, 4) is 5.75 Å². The molecular weight excluding hydrogens is 494 g/mol. The fraction of sp³-hybridized carbons (Fsp3) is 0.654. The molecule has 4 aliphatic rings. The molecule has 196 valence electrons. The molecule has 0 bridgehead atoms. The first kappa shape index (κ1) is 25.4. The number of amides is 3. The second-order valence-corrected chi connectivity index (χ2v) is 12.2. The van der Waals surface area contributed by atoms with Gasteiger partial charge in [-0.05, 0) is 61.9 Å². The molecule has 4 heterocycles. The normalized spacial score (nSPS) is 26.5. The molecule has 4 aliphatic heterocycles. The summed E-state index contributed by atoms with van der Waals surface area (Å²) >= 11 is 7.62. The van der Waals surface area contributed by atoms with E-state index in [-0.39, 0.29) is 23.5 Å². The Morgan fingerprint density at radius 2 is 1.97 bits per heavy atom. The third-order valence-corrected chi connectivity index (χ3v) is 10.2. The van der Waals surface area contributed by atoms with Crippen LogP contribution in [0.5, 0.6) is 5.75 Å². The van der Waals surface area contributed by atoms with Crippen LogP contribution in [0.15, 0.2) is 24.3 Å². The van der Waals surface area contributed by atoms with Crippen LogP contribution in [0.1, 0.15) is 44.9 Å². The van der Waals surface area contributed by atoms with Crippen molar-refractivity contribution in [1.82, 2.24) is 20.4 Å². The van der Waals surface area contributed by atoms with E-state index in [1.54, 1.807) is 7.11 Å². The minimum absolute atomic E-state index is 0.0331. The van der Waals surface area contributed by atoms with Crippen molar-refractivity contribution in [1.29, 1.82) is 0 Å². The third-order valence-electron chi connectivity index (χ3n) is 8.29. The molecule has 3 amide bonds. The number of carbonyl (C=O) groups excluding carboxylic acids is 2. The summed E-state index contributed by atoms with van der Waals surface area (Å²) in [6.07, 6.45) is 6.88. The molecule has 3 atom stereocenters. The molecule has 0 aromatic heterocycles. The predicted molar refractivity (Wildman–Crippen MR) is 148 cm³/mol. The van der Waals surface area contributed by atoms with Crippen molar-refractivity contribution in [3.63, 3.8) is 0 Å². The number of urea groups is 1. The number of likely N-dealkylation sites (tertiary alicyclic amines) is 2. The van der Waals surface area contributed by atoms with Crippen molar-refractivity contribution >= 4 is 46.7 Å². The third kappa shape index (κ3) is 5.69. The van der Waals surface area contributed by atoms with Crippen LogP contribution in [-0.4, -0.2) is 83.2 Å². The van der Waals surface area contributed by atoms with Gasteiger partial charge in [-0.1, -0.05) is 12.5 Å². The number of piperidine rings is 1. The number of ether oxygens (including phenoxy) is 1. The maximum atomic E-state index is 12.9. The fourth-order valence-electron chi connectivity index (χ4n) is 6.07. The molecule has 0 saturated carbocycles. The topological polar surface area (TPSA) is 85.9 Å². The molecule has 0 aliphatic carbocycles. The van der Waals surface area contributed by atoms with Gasteiger partial charge in [-0.3, -0.25) is 4.79 Å². The lowest BCUT2D eigenvalue weighted by molar-refractivity contribution is -0.130. The second-order valence-electron chi connectivity index (χ2n) is 10.6. The Labute approximate surface area is 223 Å². The van der Waals surface area contributed by atoms with Crippen LogP contribution in [-0.2, 0) is 4.79 Å². The van der Waals surface area contributed by atoms with Gasteiger partial charge in [-0.15, -0.1) is 0 Å². The summed E-state index contributed by atoms with van der Waals surface area (Å²) in [5, 5.41) is 10.6. The van der Waals surface area contributed by atoms with Crippen molar-refractivity contribution in [2.75, 3.05) is 44.4 Å². The van der Waals surface area contributed by atoms with E-state index in [0.717, 1.165) is 87.0 Å². The first-order chi connectivity index (χ1) is 17.4. The number of methoxy groups -OCH3 is 1. The monoisotopic (exact) mass is 531 g/mol. The van der Waals surface area contributed by atoms with Crippen LogP contribution in [0.4, 0.5) is 10.5 Å². The number of rotatable bonds is 7. The van der Waals surface area contributed by atoms with Crippen molar-refractivity contribution in [2.45, 2.75) is 62.3 Å². The highest BCUT2D eigenvalue weighted by molar-refractivity contribution is 8.00. The number of hydrogen-bond acceptors (Lipinski definition) is 5. The fourth-order valence-corrected chi connectivity index (χ4v) is 7.91. The number of thioether (sulfide) groups is 1. The lowest BCUT2D eigenvalue weighted by Gasteiger charge is -2.40. The maximum absolute atomic E-state index is 12.9. The SMILES string of the molecule is COc1cccc(NC(=S)N2CCC3(CCN(C(=O)CCCC[C@@H]4SC[C@@H]5NC(=O)N[C@@H]54)C3)CC2)c1. The Hall–Kier alpha value is -2.20. The molecule has 36 heavy (non-hydrogen) atoms. The number of fused-ring (bicyclic) bond motifs is 1. The van der Waals surface area contributed by atoms with Crippen LogP contribution in [0, 0.1) is 5.41 Å². The van der Waals surface area contributed by atoms with Crippen LogP contribution >= 0.6 is 24.0 Å². The summed E-state index contributed by atoms with van der Waals surface area (Å²) in [4.78, 5) is 28.8. The molecule has 4 fully saturated rings. The number of thiocarbonyl (C=S) groups is 1. The first-order valence-corrected chi connectivity index (χ1v) is 14.6. The summed E-state index contributed by atoms with van der Waals surface area (Å²) in [6.45, 7) is 3.61. The van der Waals surface area contributed by atoms with Gasteiger partial charge >= 0.3 is 6.03 Å². The van der Waals surface area contributed by atoms with Crippen molar-refractivity contribution in [2.24, 2.45) is 5.41 Å². The summed E-state index contributed by atoms with van der Waals surface area (Å²) in [6, 6.07) is 8.31. The van der Waals surface area contributed by atoms with Gasteiger partial charge in [0.1, 0.15) is 5.75 Å². The Bertz CT molecular complexity index is 984. The number of benzene rings is 1. The Morgan fingerprint density at radius 1 is 1.19 bits per heavy atom. The van der Waals surface area contributed by atoms with Crippen LogP contribution in [0.25, 0.3) is 0 Å². The highest BCUT2D eigenvalue weighted by Crippen LogP contribution is 2.41. The minimum atomic E-state index is -0.0331. The van der Waals surface area contributed by atoms with Crippen LogP contribution in [0.3, 0.4) is 0 Å². The smallest absolute Gasteiger partial charge is 0.315 e. The second kappa shape index (κ2) is 11.0. The van der Waals surface area contributed by atoms with Crippen molar-refractivity contribution < 1.29 is 14.3 Å². The standard InChI is InChI=1S/C26H37N5O3S2/c1-34-19-6-4-5-18(15-19)27-25(35)30-12-9-26(10-13-30)11-14-31(17-26)22(32)8-3-2-7-21-23-20(16-36-21)28-24(33)29-23/h4-6,15,20-21,23H,2-3,7-14,16-17H2,1H3,(H,27,35)(H2,28,29,33)/t20-,21-,23-/m0/s1. The molecule has 1 aromatic rings.